The lowest BCUT2D eigenvalue weighted by Crippen LogP contribution is -2.67. The topological polar surface area (TPSA) is 105 Å². The molecule has 168 valence electrons. The van der Waals surface area contributed by atoms with Gasteiger partial charge in [0.2, 0.25) is 0 Å². The maximum atomic E-state index is 6.24. The van der Waals surface area contributed by atoms with Crippen molar-refractivity contribution in [3.8, 4) is 17.0 Å². The molecule has 10 heteroatoms. The third kappa shape index (κ3) is 3.79. The van der Waals surface area contributed by atoms with Crippen LogP contribution in [0.4, 0.5) is 5.82 Å². The minimum absolute atomic E-state index is 0.355. The van der Waals surface area contributed by atoms with E-state index in [-0.39, 0.29) is 0 Å². The zero-order valence-corrected chi connectivity index (χ0v) is 19.0. The molecule has 3 fully saturated rings. The van der Waals surface area contributed by atoms with Crippen LogP contribution >= 0.6 is 23.2 Å². The molecular formula is C23H21Cl2N7O. The molecule has 33 heavy (non-hydrogen) atoms. The summed E-state index contributed by atoms with van der Waals surface area (Å²) in [5.74, 6) is 1.57. The van der Waals surface area contributed by atoms with Gasteiger partial charge in [-0.1, -0.05) is 23.2 Å². The first-order valence-electron chi connectivity index (χ1n) is 10.7. The molecule has 2 bridgehead atoms. The third-order valence-electron chi connectivity index (χ3n) is 6.24. The lowest BCUT2D eigenvalue weighted by Gasteiger charge is -2.48. The van der Waals surface area contributed by atoms with E-state index < -0.39 is 6.23 Å². The number of piperazine rings is 1. The van der Waals surface area contributed by atoms with E-state index in [1.165, 1.54) is 18.8 Å². The predicted octanol–water partition coefficient (Wildman–Crippen LogP) is 3.91. The average Bonchev–Trinajstić information content (AvgIpc) is 3.22. The van der Waals surface area contributed by atoms with Gasteiger partial charge >= 0.3 is 0 Å². The number of hydrogen-bond acceptors (Lipinski definition) is 7. The van der Waals surface area contributed by atoms with Crippen molar-refractivity contribution in [1.29, 1.82) is 0 Å². The van der Waals surface area contributed by atoms with Crippen LogP contribution in [0, 0.1) is 0 Å². The minimum atomic E-state index is -0.841. The molecular weight excluding hydrogens is 461 g/mol. The van der Waals surface area contributed by atoms with Crippen LogP contribution in [0.5, 0.6) is 5.75 Å². The fourth-order valence-electron chi connectivity index (χ4n) is 4.60. The van der Waals surface area contributed by atoms with Crippen molar-refractivity contribution in [3.63, 3.8) is 0 Å². The number of aromatic amines is 1. The molecule has 3 saturated heterocycles. The highest BCUT2D eigenvalue weighted by atomic mass is 35.5. The Morgan fingerprint density at radius 2 is 1.82 bits per heavy atom. The second-order valence-electron chi connectivity index (χ2n) is 8.44. The number of ether oxygens (including phenoxy) is 1. The number of halogens is 2. The molecule has 1 aromatic carbocycles. The number of piperidine rings is 1. The van der Waals surface area contributed by atoms with Gasteiger partial charge in [0.15, 0.2) is 6.23 Å². The van der Waals surface area contributed by atoms with Crippen molar-refractivity contribution in [3.05, 3.63) is 64.5 Å². The van der Waals surface area contributed by atoms with Gasteiger partial charge < -0.3 is 15.0 Å². The minimum Gasteiger partial charge on any atom is -0.471 e. The largest absolute Gasteiger partial charge is 0.471 e. The Morgan fingerprint density at radius 3 is 2.52 bits per heavy atom. The van der Waals surface area contributed by atoms with Gasteiger partial charge in [-0.3, -0.25) is 15.8 Å². The summed E-state index contributed by atoms with van der Waals surface area (Å²) in [5.41, 5.74) is 9.33. The normalized spacial score (nSPS) is 20.5. The molecule has 8 nitrogen and oxygen atoms in total. The summed E-state index contributed by atoms with van der Waals surface area (Å²) >= 11 is 12.4. The monoisotopic (exact) mass is 481 g/mol. The number of rotatable bonds is 5. The number of nitrogens with zero attached hydrogens (tertiary/aromatic N) is 4. The quantitative estimate of drug-likeness (QED) is 0.371. The number of fused-ring (bicyclic) bond motifs is 3. The summed E-state index contributed by atoms with van der Waals surface area (Å²) in [5, 5.41) is 12.7. The van der Waals surface area contributed by atoms with Crippen molar-refractivity contribution in [2.45, 2.75) is 24.7 Å². The Balaban J connectivity index is 1.26. The molecule has 0 radical (unpaired) electrons. The van der Waals surface area contributed by atoms with Gasteiger partial charge in [0, 0.05) is 60.3 Å². The number of nitrogens with two attached hydrogens (primary N) is 1. The van der Waals surface area contributed by atoms with Crippen LogP contribution in [0.15, 0.2) is 48.9 Å². The molecule has 4 N–H and O–H groups in total. The number of H-pyrrole nitrogens is 1. The lowest BCUT2D eigenvalue weighted by atomic mass is 9.91. The first kappa shape index (κ1) is 20.7. The van der Waals surface area contributed by atoms with E-state index in [0.29, 0.717) is 33.4 Å². The first-order valence-corrected chi connectivity index (χ1v) is 11.5. The van der Waals surface area contributed by atoms with E-state index in [4.69, 9.17) is 38.7 Å². The summed E-state index contributed by atoms with van der Waals surface area (Å²) in [7, 11) is 0. The summed E-state index contributed by atoms with van der Waals surface area (Å²) < 4.78 is 5.95. The molecule has 0 saturated carbocycles. The number of anilines is 1. The Hall–Kier alpha value is -2.91. The molecule has 3 aliphatic rings. The Morgan fingerprint density at radius 1 is 1.06 bits per heavy atom. The predicted molar refractivity (Wildman–Crippen MR) is 129 cm³/mol. The maximum Gasteiger partial charge on any atom is 0.177 e. The lowest BCUT2D eigenvalue weighted by molar-refractivity contribution is 0.214. The standard InChI is InChI=1S/C23H21Cl2N7O/c24-17-8-27-9-18(25)21(17)23(26)33-15-2-3-19-16(6-15)22(31-30-19)12-1-4-20(28-7-12)32-10-13-5-14(11-32)29-13/h1-4,6-9,13-14,23,29H,5,10-11,26H2,(H,30,31)/t13?,14?,23-/m0/s1. The molecule has 2 unspecified atom stereocenters. The van der Waals surface area contributed by atoms with Gasteiger partial charge in [-0.15, -0.1) is 0 Å². The molecule has 4 aromatic rings. The van der Waals surface area contributed by atoms with Crippen LogP contribution in [0.3, 0.4) is 0 Å². The molecule has 3 atom stereocenters. The van der Waals surface area contributed by atoms with Crippen LogP contribution in [0.2, 0.25) is 10.0 Å². The highest BCUT2D eigenvalue weighted by molar-refractivity contribution is 6.35. The van der Waals surface area contributed by atoms with E-state index in [1.54, 1.807) is 0 Å². The van der Waals surface area contributed by atoms with E-state index in [2.05, 4.69) is 37.5 Å². The van der Waals surface area contributed by atoms with E-state index >= 15 is 0 Å². The number of hydrogen-bond donors (Lipinski definition) is 3. The number of aromatic nitrogens is 4. The van der Waals surface area contributed by atoms with E-state index in [9.17, 15) is 0 Å². The third-order valence-corrected chi connectivity index (χ3v) is 6.84. The van der Waals surface area contributed by atoms with Gasteiger partial charge in [0.05, 0.1) is 15.6 Å². The van der Waals surface area contributed by atoms with Crippen LogP contribution in [-0.2, 0) is 0 Å². The van der Waals surface area contributed by atoms with E-state index in [0.717, 1.165) is 41.1 Å². The highest BCUT2D eigenvalue weighted by Crippen LogP contribution is 2.33. The fraction of sp³-hybridized carbons (Fsp3) is 0.261. The molecule has 0 spiro atoms. The molecule has 0 amide bonds. The number of benzene rings is 1. The molecule has 3 aromatic heterocycles. The summed E-state index contributed by atoms with van der Waals surface area (Å²) in [6.45, 7) is 2.00. The summed E-state index contributed by atoms with van der Waals surface area (Å²) in [4.78, 5) is 11.0. The fourth-order valence-corrected chi connectivity index (χ4v) is 5.18. The van der Waals surface area contributed by atoms with Crippen molar-refractivity contribution >= 4 is 39.9 Å². The molecule has 6 heterocycles. The van der Waals surface area contributed by atoms with Crippen LogP contribution < -0.4 is 20.7 Å². The Labute approximate surface area is 200 Å². The summed E-state index contributed by atoms with van der Waals surface area (Å²) in [6.07, 6.45) is 5.27. The molecule has 7 rings (SSSR count). The smallest absolute Gasteiger partial charge is 0.177 e. The van der Waals surface area contributed by atoms with Crippen LogP contribution in [-0.4, -0.2) is 45.3 Å². The van der Waals surface area contributed by atoms with Gasteiger partial charge in [-0.2, -0.15) is 5.10 Å². The zero-order valence-electron chi connectivity index (χ0n) is 17.5. The SMILES string of the molecule is N[C@@H](Oc1ccc2[nH]nc(-c3ccc(N4CC5CC(C4)N5)nc3)c2c1)c1c(Cl)cncc1Cl. The second-order valence-corrected chi connectivity index (χ2v) is 9.26. The van der Waals surface area contributed by atoms with Gasteiger partial charge in [0.1, 0.15) is 17.3 Å². The Kier molecular flexibility index (Phi) is 5.10. The van der Waals surface area contributed by atoms with Crippen LogP contribution in [0.25, 0.3) is 22.2 Å². The van der Waals surface area contributed by atoms with Crippen molar-refractivity contribution in [1.82, 2.24) is 25.5 Å². The number of pyridine rings is 2. The van der Waals surface area contributed by atoms with Crippen molar-refractivity contribution < 1.29 is 4.74 Å². The van der Waals surface area contributed by atoms with Crippen molar-refractivity contribution in [2.24, 2.45) is 5.73 Å². The Bertz CT molecular complexity index is 1290. The van der Waals surface area contributed by atoms with Crippen LogP contribution in [0.1, 0.15) is 18.2 Å². The van der Waals surface area contributed by atoms with Gasteiger partial charge in [0.25, 0.3) is 0 Å². The molecule has 3 aliphatic heterocycles. The molecule has 0 aliphatic carbocycles. The van der Waals surface area contributed by atoms with Gasteiger partial charge in [-0.05, 0) is 36.8 Å². The maximum absolute atomic E-state index is 6.24. The second kappa shape index (κ2) is 8.14. The highest BCUT2D eigenvalue weighted by Gasteiger charge is 2.36. The first-order chi connectivity index (χ1) is 16.0. The van der Waals surface area contributed by atoms with Crippen molar-refractivity contribution in [2.75, 3.05) is 18.0 Å². The van der Waals surface area contributed by atoms with Gasteiger partial charge in [-0.25, -0.2) is 4.98 Å². The van der Waals surface area contributed by atoms with E-state index in [1.807, 2.05) is 24.4 Å². The summed E-state index contributed by atoms with van der Waals surface area (Å²) in [6, 6.07) is 10.9. The zero-order chi connectivity index (χ0) is 22.5. The number of nitrogens with one attached hydrogen (secondary N) is 2. The average molecular weight is 482 g/mol.